The van der Waals surface area contributed by atoms with Gasteiger partial charge in [-0.3, -0.25) is 4.79 Å². The zero-order chi connectivity index (χ0) is 17.3. The van der Waals surface area contributed by atoms with Gasteiger partial charge in [-0.2, -0.15) is 0 Å². The van der Waals surface area contributed by atoms with Crippen LogP contribution in [0.3, 0.4) is 0 Å². The Morgan fingerprint density at radius 2 is 1.80 bits per heavy atom. The van der Waals surface area contributed by atoms with Crippen molar-refractivity contribution in [3.05, 3.63) is 41.5 Å². The molecule has 1 heterocycles. The van der Waals surface area contributed by atoms with E-state index in [-0.39, 0.29) is 11.9 Å². The maximum atomic E-state index is 12.8. The van der Waals surface area contributed by atoms with Crippen molar-refractivity contribution in [3.63, 3.8) is 0 Å². The van der Waals surface area contributed by atoms with Gasteiger partial charge in [-0.15, -0.1) is 0 Å². The van der Waals surface area contributed by atoms with Gasteiger partial charge < -0.3 is 4.74 Å². The number of hydrogen-bond acceptors (Lipinski definition) is 2. The van der Waals surface area contributed by atoms with Crippen LogP contribution in [0.5, 0.6) is 0 Å². The Balaban J connectivity index is 1.59. The Morgan fingerprint density at radius 3 is 2.56 bits per heavy atom. The van der Waals surface area contributed by atoms with E-state index < -0.39 is 5.60 Å². The molecule has 1 atom stereocenters. The summed E-state index contributed by atoms with van der Waals surface area (Å²) in [5.74, 6) is 2.80. The molecule has 0 spiro atoms. The Hall–Kier alpha value is -1.22. The first-order valence-electron chi connectivity index (χ1n) is 9.88. The number of esters is 1. The van der Waals surface area contributed by atoms with Crippen LogP contribution in [-0.4, -0.2) is 17.5 Å². The number of ether oxygens (including phenoxy) is 1. The van der Waals surface area contributed by atoms with E-state index in [4.69, 9.17) is 4.74 Å². The lowest BCUT2D eigenvalue weighted by molar-refractivity contribution is -0.165. The Morgan fingerprint density at radius 1 is 1.08 bits per heavy atom. The summed E-state index contributed by atoms with van der Waals surface area (Å²) in [5.41, 5.74) is 2.05. The minimum absolute atomic E-state index is 0.0252. The molecule has 1 aliphatic heterocycles. The molecule has 1 saturated carbocycles. The molecule has 0 bridgehead atoms. The molecule has 4 rings (SSSR count). The first kappa shape index (κ1) is 17.2. The van der Waals surface area contributed by atoms with Crippen molar-refractivity contribution in [2.45, 2.75) is 63.9 Å². The van der Waals surface area contributed by atoms with Gasteiger partial charge >= 0.3 is 5.97 Å². The monoisotopic (exact) mass is 357 g/mol. The molecule has 134 valence electrons. The number of fused-ring (bicyclic) bond motifs is 1. The van der Waals surface area contributed by atoms with Gasteiger partial charge in [-0.05, 0) is 44.7 Å². The minimum Gasteiger partial charge on any atom is -0.454 e. The van der Waals surface area contributed by atoms with Crippen LogP contribution < -0.4 is 0 Å². The lowest BCUT2D eigenvalue weighted by atomic mass is 9.83. The van der Waals surface area contributed by atoms with Crippen LogP contribution in [0.15, 0.2) is 30.3 Å². The lowest BCUT2D eigenvalue weighted by Gasteiger charge is -2.35. The van der Waals surface area contributed by atoms with E-state index in [0.29, 0.717) is 10.9 Å². The molecule has 0 radical (unpaired) electrons. The summed E-state index contributed by atoms with van der Waals surface area (Å²) in [5, 5.41) is 0. The first-order valence-corrected chi connectivity index (χ1v) is 11.4. The highest BCUT2D eigenvalue weighted by Crippen LogP contribution is 2.44. The Kier molecular flexibility index (Phi) is 4.95. The van der Waals surface area contributed by atoms with Crippen molar-refractivity contribution in [2.75, 3.05) is 11.5 Å². The van der Waals surface area contributed by atoms with Crippen LogP contribution in [-0.2, 0) is 26.0 Å². The number of carbonyl (C=O) groups is 1. The Labute approximate surface area is 154 Å². The normalized spacial score (nSPS) is 27.6. The quantitative estimate of drug-likeness (QED) is 0.550. The van der Waals surface area contributed by atoms with Crippen molar-refractivity contribution in [1.82, 2.24) is 0 Å². The van der Waals surface area contributed by atoms with E-state index in [9.17, 15) is 4.79 Å². The molecule has 0 N–H and O–H groups in total. The van der Waals surface area contributed by atoms with Crippen molar-refractivity contribution in [1.29, 1.82) is 0 Å². The molecule has 0 amide bonds. The van der Waals surface area contributed by atoms with Crippen LogP contribution in [0, 0.1) is 5.92 Å². The standard InChI is InChI=1S/C22H29O2S/c1-22(24-21(23)17-9-3-2-4-10-17)14-13-20(25-15-7-8-16-25)18-11-5-6-12-19(18)22/h5-6,11-13,17H,2-4,7-10,14-16H2,1H3/q+1. The second-order valence-corrected chi connectivity index (χ2v) is 10.2. The molecule has 2 aliphatic carbocycles. The summed E-state index contributed by atoms with van der Waals surface area (Å²) in [6, 6.07) is 8.63. The molecule has 3 aliphatic rings. The predicted octanol–water partition coefficient (Wildman–Crippen LogP) is 5.18. The molecule has 2 nitrogen and oxygen atoms in total. The van der Waals surface area contributed by atoms with Crippen LogP contribution in [0.1, 0.15) is 69.4 Å². The van der Waals surface area contributed by atoms with Crippen LogP contribution in [0.4, 0.5) is 0 Å². The summed E-state index contributed by atoms with van der Waals surface area (Å²) < 4.78 is 6.18. The second kappa shape index (κ2) is 7.19. The number of rotatable bonds is 3. The summed E-state index contributed by atoms with van der Waals surface area (Å²) in [6.45, 7) is 2.11. The molecule has 1 saturated heterocycles. The Bertz CT molecular complexity index is 668. The van der Waals surface area contributed by atoms with Gasteiger partial charge in [0.05, 0.1) is 5.92 Å². The third kappa shape index (κ3) is 3.40. The summed E-state index contributed by atoms with van der Waals surface area (Å²) in [4.78, 5) is 14.3. The van der Waals surface area contributed by atoms with E-state index in [1.807, 2.05) is 0 Å². The van der Waals surface area contributed by atoms with E-state index in [1.54, 1.807) is 0 Å². The number of hydrogen-bond donors (Lipinski definition) is 0. The summed E-state index contributed by atoms with van der Waals surface area (Å²) in [6.07, 6.45) is 11.5. The highest BCUT2D eigenvalue weighted by Gasteiger charge is 2.42. The first-order chi connectivity index (χ1) is 12.2. The zero-order valence-electron chi connectivity index (χ0n) is 15.3. The van der Waals surface area contributed by atoms with Gasteiger partial charge in [0.1, 0.15) is 17.1 Å². The van der Waals surface area contributed by atoms with Crippen LogP contribution in [0.2, 0.25) is 0 Å². The fourth-order valence-electron chi connectivity index (χ4n) is 4.55. The molecule has 1 unspecified atom stereocenters. The van der Waals surface area contributed by atoms with Gasteiger partial charge in [0.2, 0.25) is 0 Å². The molecule has 3 heteroatoms. The molecule has 2 fully saturated rings. The third-order valence-electron chi connectivity index (χ3n) is 6.05. The average Bonchev–Trinajstić information content (AvgIpc) is 3.17. The van der Waals surface area contributed by atoms with Crippen molar-refractivity contribution >= 4 is 21.8 Å². The average molecular weight is 358 g/mol. The third-order valence-corrected chi connectivity index (χ3v) is 8.62. The maximum absolute atomic E-state index is 12.8. The fraction of sp³-hybridized carbons (Fsp3) is 0.591. The lowest BCUT2D eigenvalue weighted by Crippen LogP contribution is -2.35. The molecular formula is C22H29O2S+. The summed E-state index contributed by atoms with van der Waals surface area (Å²) in [7, 11) is 0.395. The molecule has 25 heavy (non-hydrogen) atoms. The van der Waals surface area contributed by atoms with Crippen LogP contribution in [0.25, 0.3) is 4.91 Å². The fourth-order valence-corrected chi connectivity index (χ4v) is 7.11. The van der Waals surface area contributed by atoms with Gasteiger partial charge in [0, 0.05) is 28.4 Å². The minimum atomic E-state index is -0.502. The molecule has 0 aromatic heterocycles. The van der Waals surface area contributed by atoms with Gasteiger partial charge in [-0.25, -0.2) is 0 Å². The maximum Gasteiger partial charge on any atom is 0.309 e. The van der Waals surface area contributed by atoms with E-state index in [0.717, 1.165) is 19.3 Å². The summed E-state index contributed by atoms with van der Waals surface area (Å²) >= 11 is 0. The zero-order valence-corrected chi connectivity index (χ0v) is 16.1. The van der Waals surface area contributed by atoms with E-state index in [2.05, 4.69) is 37.3 Å². The van der Waals surface area contributed by atoms with Crippen molar-refractivity contribution in [2.24, 2.45) is 5.92 Å². The topological polar surface area (TPSA) is 26.3 Å². The smallest absolute Gasteiger partial charge is 0.309 e. The van der Waals surface area contributed by atoms with Gasteiger partial charge in [0.25, 0.3) is 0 Å². The van der Waals surface area contributed by atoms with E-state index in [1.165, 1.54) is 59.6 Å². The van der Waals surface area contributed by atoms with Gasteiger partial charge in [0.15, 0.2) is 4.91 Å². The predicted molar refractivity (Wildman–Crippen MR) is 105 cm³/mol. The highest BCUT2D eigenvalue weighted by molar-refractivity contribution is 8.05. The van der Waals surface area contributed by atoms with Crippen molar-refractivity contribution in [3.8, 4) is 0 Å². The van der Waals surface area contributed by atoms with Crippen LogP contribution >= 0.6 is 0 Å². The highest BCUT2D eigenvalue weighted by atomic mass is 32.2. The largest absolute Gasteiger partial charge is 0.454 e. The van der Waals surface area contributed by atoms with Gasteiger partial charge in [-0.1, -0.05) is 37.5 Å². The number of benzene rings is 1. The molecule has 1 aromatic rings. The second-order valence-electron chi connectivity index (χ2n) is 7.91. The van der Waals surface area contributed by atoms with E-state index >= 15 is 0 Å². The molecule has 1 aromatic carbocycles. The van der Waals surface area contributed by atoms with Crippen molar-refractivity contribution < 1.29 is 9.53 Å². The SMILES string of the molecule is CC1(OC(=O)C2CCCCC2)CC=C([S+]2CCCC2)c2ccccc21. The molecular weight excluding hydrogens is 328 g/mol. The number of carbonyl (C=O) groups excluding carboxylic acids is 1.